The van der Waals surface area contributed by atoms with E-state index in [4.69, 9.17) is 0 Å². The van der Waals surface area contributed by atoms with Gasteiger partial charge in [-0.3, -0.25) is 4.79 Å². The normalized spacial score (nSPS) is 24.5. The molecule has 1 aliphatic rings. The van der Waals surface area contributed by atoms with Crippen LogP contribution in [0.25, 0.3) is 0 Å². The van der Waals surface area contributed by atoms with E-state index >= 15 is 0 Å². The molecule has 1 fully saturated rings. The van der Waals surface area contributed by atoms with Crippen LogP contribution in [-0.4, -0.2) is 16.5 Å². The zero-order valence-electron chi connectivity index (χ0n) is 10.4. The second-order valence-corrected chi connectivity index (χ2v) is 5.11. The van der Waals surface area contributed by atoms with Gasteiger partial charge in [-0.2, -0.15) is 0 Å². The molecule has 0 aliphatic heterocycles. The second-order valence-electron chi connectivity index (χ2n) is 5.11. The van der Waals surface area contributed by atoms with Crippen molar-refractivity contribution in [3.8, 4) is 0 Å². The van der Waals surface area contributed by atoms with E-state index in [2.05, 4.69) is 22.2 Å². The molecule has 4 heteroatoms. The molecule has 0 unspecified atom stereocenters. The standard InChI is InChI=1S/C13H21N3O/c1-10-2-4-11(5-3-10)6-7-14-12-13(17)16-9-8-15-12/h8-11H,2-7H2,1H3,(H,14,15)(H,16,17). The lowest BCUT2D eigenvalue weighted by molar-refractivity contribution is 0.282. The molecule has 1 saturated carbocycles. The average molecular weight is 235 g/mol. The van der Waals surface area contributed by atoms with E-state index in [0.29, 0.717) is 5.82 Å². The Bertz CT molecular complexity index is 394. The fourth-order valence-corrected chi connectivity index (χ4v) is 2.49. The Morgan fingerprint density at radius 1 is 1.41 bits per heavy atom. The largest absolute Gasteiger partial charge is 0.365 e. The highest BCUT2D eigenvalue weighted by molar-refractivity contribution is 5.29. The van der Waals surface area contributed by atoms with E-state index in [-0.39, 0.29) is 5.56 Å². The number of rotatable bonds is 4. The van der Waals surface area contributed by atoms with Crippen molar-refractivity contribution in [2.45, 2.75) is 39.0 Å². The van der Waals surface area contributed by atoms with Crippen LogP contribution < -0.4 is 10.9 Å². The Morgan fingerprint density at radius 3 is 2.88 bits per heavy atom. The number of H-pyrrole nitrogens is 1. The molecule has 0 radical (unpaired) electrons. The van der Waals surface area contributed by atoms with Crippen molar-refractivity contribution in [2.75, 3.05) is 11.9 Å². The lowest BCUT2D eigenvalue weighted by Gasteiger charge is -2.26. The topological polar surface area (TPSA) is 57.8 Å². The van der Waals surface area contributed by atoms with E-state index in [1.165, 1.54) is 25.7 Å². The lowest BCUT2D eigenvalue weighted by atomic mass is 9.81. The van der Waals surface area contributed by atoms with Gasteiger partial charge >= 0.3 is 0 Å². The van der Waals surface area contributed by atoms with E-state index in [9.17, 15) is 4.79 Å². The van der Waals surface area contributed by atoms with Crippen molar-refractivity contribution in [3.05, 3.63) is 22.7 Å². The van der Waals surface area contributed by atoms with Crippen molar-refractivity contribution >= 4 is 5.82 Å². The van der Waals surface area contributed by atoms with Gasteiger partial charge in [0.1, 0.15) is 0 Å². The summed E-state index contributed by atoms with van der Waals surface area (Å²) >= 11 is 0. The first-order valence-corrected chi connectivity index (χ1v) is 6.53. The maximum absolute atomic E-state index is 11.4. The summed E-state index contributed by atoms with van der Waals surface area (Å²) in [4.78, 5) is 18.0. The van der Waals surface area contributed by atoms with Gasteiger partial charge in [0.15, 0.2) is 5.82 Å². The fraction of sp³-hybridized carbons (Fsp3) is 0.692. The summed E-state index contributed by atoms with van der Waals surface area (Å²) in [6.07, 6.45) is 9.68. The van der Waals surface area contributed by atoms with Crippen LogP contribution >= 0.6 is 0 Å². The van der Waals surface area contributed by atoms with Crippen LogP contribution in [0.1, 0.15) is 39.0 Å². The Labute approximate surface area is 102 Å². The summed E-state index contributed by atoms with van der Waals surface area (Å²) in [6.45, 7) is 3.18. The number of hydrogen-bond donors (Lipinski definition) is 2. The molecule has 2 rings (SSSR count). The van der Waals surface area contributed by atoms with Crippen LogP contribution in [0.15, 0.2) is 17.2 Å². The summed E-state index contributed by atoms with van der Waals surface area (Å²) in [7, 11) is 0. The molecule has 1 aromatic rings. The molecule has 0 saturated heterocycles. The average Bonchev–Trinajstić information content (AvgIpc) is 2.34. The monoisotopic (exact) mass is 235 g/mol. The molecule has 0 aromatic carbocycles. The molecule has 0 amide bonds. The summed E-state index contributed by atoms with van der Waals surface area (Å²) in [5.41, 5.74) is -0.134. The zero-order chi connectivity index (χ0) is 12.1. The summed E-state index contributed by atoms with van der Waals surface area (Å²) in [5.74, 6) is 2.16. The van der Waals surface area contributed by atoms with Crippen LogP contribution in [-0.2, 0) is 0 Å². The number of aromatic nitrogens is 2. The van der Waals surface area contributed by atoms with Crippen molar-refractivity contribution < 1.29 is 0 Å². The quantitative estimate of drug-likeness (QED) is 0.842. The van der Waals surface area contributed by atoms with Crippen molar-refractivity contribution in [3.63, 3.8) is 0 Å². The highest BCUT2D eigenvalue weighted by Crippen LogP contribution is 2.30. The molecule has 94 valence electrons. The van der Waals surface area contributed by atoms with Crippen LogP contribution in [0.4, 0.5) is 5.82 Å². The van der Waals surface area contributed by atoms with Crippen molar-refractivity contribution in [2.24, 2.45) is 11.8 Å². The Kier molecular flexibility index (Phi) is 4.18. The van der Waals surface area contributed by atoms with Gasteiger partial charge in [0.2, 0.25) is 0 Å². The highest BCUT2D eigenvalue weighted by atomic mass is 16.1. The third-order valence-corrected chi connectivity index (χ3v) is 3.69. The smallest absolute Gasteiger partial charge is 0.290 e. The van der Waals surface area contributed by atoms with Gasteiger partial charge in [0.05, 0.1) is 0 Å². The fourth-order valence-electron chi connectivity index (χ4n) is 2.49. The van der Waals surface area contributed by atoms with Gasteiger partial charge in [-0.25, -0.2) is 4.98 Å². The first kappa shape index (κ1) is 12.1. The Morgan fingerprint density at radius 2 is 2.18 bits per heavy atom. The van der Waals surface area contributed by atoms with Crippen molar-refractivity contribution in [1.29, 1.82) is 0 Å². The Balaban J connectivity index is 1.73. The van der Waals surface area contributed by atoms with E-state index < -0.39 is 0 Å². The predicted octanol–water partition coefficient (Wildman–Crippen LogP) is 2.40. The van der Waals surface area contributed by atoms with Gasteiger partial charge in [-0.05, 0) is 18.3 Å². The number of anilines is 1. The molecule has 0 atom stereocenters. The number of aromatic amines is 1. The summed E-state index contributed by atoms with van der Waals surface area (Å²) < 4.78 is 0. The first-order valence-electron chi connectivity index (χ1n) is 6.53. The maximum Gasteiger partial charge on any atom is 0.290 e. The van der Waals surface area contributed by atoms with Crippen LogP contribution in [0.5, 0.6) is 0 Å². The molecule has 1 aromatic heterocycles. The van der Waals surface area contributed by atoms with Crippen LogP contribution in [0, 0.1) is 11.8 Å². The van der Waals surface area contributed by atoms with E-state index in [1.807, 2.05) is 0 Å². The van der Waals surface area contributed by atoms with Gasteiger partial charge in [0.25, 0.3) is 5.56 Å². The first-order chi connectivity index (χ1) is 8.25. The molecular weight excluding hydrogens is 214 g/mol. The minimum Gasteiger partial charge on any atom is -0.365 e. The third-order valence-electron chi connectivity index (χ3n) is 3.69. The second kappa shape index (κ2) is 5.84. The summed E-state index contributed by atoms with van der Waals surface area (Å²) in [6, 6.07) is 0. The van der Waals surface area contributed by atoms with E-state index in [0.717, 1.165) is 24.8 Å². The lowest BCUT2D eigenvalue weighted by Crippen LogP contribution is -2.19. The minimum absolute atomic E-state index is 0.134. The summed E-state index contributed by atoms with van der Waals surface area (Å²) in [5, 5.41) is 3.12. The number of nitrogens with one attached hydrogen (secondary N) is 2. The SMILES string of the molecule is CC1CCC(CCNc2ncc[nH]c2=O)CC1. The molecule has 17 heavy (non-hydrogen) atoms. The molecule has 4 nitrogen and oxygen atoms in total. The molecule has 1 aliphatic carbocycles. The van der Waals surface area contributed by atoms with Gasteiger partial charge in [-0.15, -0.1) is 0 Å². The predicted molar refractivity (Wildman–Crippen MR) is 69.1 cm³/mol. The van der Waals surface area contributed by atoms with E-state index in [1.54, 1.807) is 12.4 Å². The molecular formula is C13H21N3O. The number of hydrogen-bond acceptors (Lipinski definition) is 3. The highest BCUT2D eigenvalue weighted by Gasteiger charge is 2.17. The zero-order valence-corrected chi connectivity index (χ0v) is 10.4. The molecule has 1 heterocycles. The Hall–Kier alpha value is -1.32. The van der Waals surface area contributed by atoms with Crippen LogP contribution in [0.2, 0.25) is 0 Å². The van der Waals surface area contributed by atoms with Crippen LogP contribution in [0.3, 0.4) is 0 Å². The third kappa shape index (κ3) is 3.58. The maximum atomic E-state index is 11.4. The molecule has 0 spiro atoms. The minimum atomic E-state index is -0.134. The molecule has 2 N–H and O–H groups in total. The number of nitrogens with zero attached hydrogens (tertiary/aromatic N) is 1. The van der Waals surface area contributed by atoms with Gasteiger partial charge < -0.3 is 10.3 Å². The van der Waals surface area contributed by atoms with Gasteiger partial charge in [-0.1, -0.05) is 32.6 Å². The molecule has 0 bridgehead atoms. The van der Waals surface area contributed by atoms with Gasteiger partial charge in [0, 0.05) is 18.9 Å². The van der Waals surface area contributed by atoms with Crippen molar-refractivity contribution in [1.82, 2.24) is 9.97 Å².